The summed E-state index contributed by atoms with van der Waals surface area (Å²) in [5, 5.41) is 11.1. The molecule has 0 radical (unpaired) electrons. The van der Waals surface area contributed by atoms with Gasteiger partial charge < -0.3 is 23.7 Å². The Hall–Kier alpha value is -3.91. The van der Waals surface area contributed by atoms with Gasteiger partial charge in [-0.1, -0.05) is 18.2 Å². The van der Waals surface area contributed by atoms with Crippen LogP contribution in [0.15, 0.2) is 54.6 Å². The monoisotopic (exact) mass is 447 g/mol. The van der Waals surface area contributed by atoms with E-state index in [0.29, 0.717) is 24.5 Å². The number of benzene rings is 3. The summed E-state index contributed by atoms with van der Waals surface area (Å²) in [6, 6.07) is 17.3. The molecule has 0 saturated heterocycles. The molecule has 2 aromatic heterocycles. The molecule has 8 heteroatoms. The first-order valence-corrected chi connectivity index (χ1v) is 10.6. The molecule has 0 fully saturated rings. The van der Waals surface area contributed by atoms with Crippen molar-refractivity contribution in [3.63, 3.8) is 0 Å². The van der Waals surface area contributed by atoms with Gasteiger partial charge in [0, 0.05) is 47.6 Å². The molecule has 168 valence electrons. The van der Waals surface area contributed by atoms with Crippen LogP contribution < -0.4 is 4.74 Å². The number of imidazole rings is 1. The summed E-state index contributed by atoms with van der Waals surface area (Å²) in [6.07, 6.45) is -1.58. The highest BCUT2D eigenvalue weighted by molar-refractivity contribution is 6.09. The van der Waals surface area contributed by atoms with Gasteiger partial charge in [-0.2, -0.15) is 0 Å². The van der Waals surface area contributed by atoms with Crippen LogP contribution in [0.25, 0.3) is 44.2 Å². The summed E-state index contributed by atoms with van der Waals surface area (Å²) in [5.74, 6) is -0.612. The van der Waals surface area contributed by atoms with E-state index in [1.807, 2.05) is 22.8 Å². The summed E-state index contributed by atoms with van der Waals surface area (Å²) in [6.45, 7) is 3.82. The molecule has 0 aliphatic rings. The van der Waals surface area contributed by atoms with Gasteiger partial charge in [-0.3, -0.25) is 0 Å². The van der Waals surface area contributed by atoms with Crippen LogP contribution in [-0.2, 0) is 17.8 Å². The van der Waals surface area contributed by atoms with E-state index in [9.17, 15) is 4.79 Å². The van der Waals surface area contributed by atoms with E-state index in [0.717, 1.165) is 33.9 Å². The molecule has 0 unspecified atom stereocenters. The Kier molecular flexibility index (Phi) is 5.22. The molecule has 0 atom stereocenters. The first kappa shape index (κ1) is 21.0. The lowest BCUT2D eigenvalue weighted by Crippen LogP contribution is -2.07. The number of nitrogens with zero attached hydrogens (tertiary/aromatic N) is 3. The fourth-order valence-electron chi connectivity index (χ4n) is 4.48. The van der Waals surface area contributed by atoms with Crippen LogP contribution in [0.2, 0.25) is 0 Å². The Bertz CT molecular complexity index is 1520. The van der Waals surface area contributed by atoms with Crippen LogP contribution in [0.5, 0.6) is 5.75 Å². The molecule has 0 aliphatic heterocycles. The maximum atomic E-state index is 15.1. The first-order chi connectivity index (χ1) is 16.0. The largest absolute Gasteiger partial charge is 0.511 e. The number of carbonyl (C=O) groups is 1. The molecule has 0 spiro atoms. The van der Waals surface area contributed by atoms with Gasteiger partial charge in [0.1, 0.15) is 11.3 Å². The number of methoxy groups -OCH3 is 1. The van der Waals surface area contributed by atoms with E-state index in [1.54, 1.807) is 13.2 Å². The van der Waals surface area contributed by atoms with Gasteiger partial charge in [0.25, 0.3) is 0 Å². The number of hydrogen-bond donors (Lipinski definition) is 1. The molecule has 33 heavy (non-hydrogen) atoms. The van der Waals surface area contributed by atoms with Gasteiger partial charge in [0.05, 0.1) is 12.1 Å². The van der Waals surface area contributed by atoms with E-state index in [4.69, 9.17) is 9.84 Å². The maximum Gasteiger partial charge on any atom is 0.511 e. The normalized spacial score (nSPS) is 11.6. The van der Waals surface area contributed by atoms with Gasteiger partial charge in [-0.15, -0.1) is 0 Å². The second-order valence-electron chi connectivity index (χ2n) is 7.69. The van der Waals surface area contributed by atoms with Gasteiger partial charge in [0.2, 0.25) is 0 Å². The molecule has 2 heterocycles. The molecule has 1 N–H and O–H groups in total. The molecule has 3 aromatic carbocycles. The summed E-state index contributed by atoms with van der Waals surface area (Å²) in [5.41, 5.74) is 3.69. The summed E-state index contributed by atoms with van der Waals surface area (Å²) in [4.78, 5) is 15.5. The van der Waals surface area contributed by atoms with Gasteiger partial charge in [0.15, 0.2) is 11.6 Å². The predicted molar refractivity (Wildman–Crippen MR) is 124 cm³/mol. The standard InChI is InChI=1S/C25H22FN3O4/c1-3-28-18-7-5-4-6-16(18)17-14-15(8-9-19(17)28)24-27-23-20(29(24)12-13-32-2)10-11-21(22(23)26)33-25(30)31/h4-11,14H,3,12-13H2,1-2H3,(H,30,31). The highest BCUT2D eigenvalue weighted by atomic mass is 19.1. The lowest BCUT2D eigenvalue weighted by Gasteiger charge is -2.10. The first-order valence-electron chi connectivity index (χ1n) is 10.6. The van der Waals surface area contributed by atoms with Crippen molar-refractivity contribution in [1.82, 2.24) is 14.1 Å². The van der Waals surface area contributed by atoms with Crippen LogP contribution >= 0.6 is 0 Å². The van der Waals surface area contributed by atoms with Crippen LogP contribution in [0, 0.1) is 5.82 Å². The minimum atomic E-state index is -1.58. The number of carboxylic acid groups (broad SMARTS) is 1. The maximum absolute atomic E-state index is 15.1. The zero-order valence-electron chi connectivity index (χ0n) is 18.2. The van der Waals surface area contributed by atoms with Crippen LogP contribution in [0.4, 0.5) is 9.18 Å². The van der Waals surface area contributed by atoms with Crippen molar-refractivity contribution in [1.29, 1.82) is 0 Å². The minimum absolute atomic E-state index is 0.0518. The molecule has 0 amide bonds. The Morgan fingerprint density at radius 1 is 1.03 bits per heavy atom. The molecule has 0 aliphatic carbocycles. The summed E-state index contributed by atoms with van der Waals surface area (Å²) >= 11 is 0. The number of ether oxygens (including phenoxy) is 2. The summed E-state index contributed by atoms with van der Waals surface area (Å²) in [7, 11) is 1.60. The lowest BCUT2D eigenvalue weighted by molar-refractivity contribution is 0.142. The molecule has 0 saturated carbocycles. The Labute approximate surface area is 188 Å². The zero-order chi connectivity index (χ0) is 23.1. The van der Waals surface area contributed by atoms with E-state index in [1.165, 1.54) is 6.07 Å². The van der Waals surface area contributed by atoms with E-state index >= 15 is 4.39 Å². The van der Waals surface area contributed by atoms with Crippen molar-refractivity contribution in [3.05, 3.63) is 60.4 Å². The van der Waals surface area contributed by atoms with Crippen molar-refractivity contribution in [3.8, 4) is 17.1 Å². The highest BCUT2D eigenvalue weighted by Gasteiger charge is 2.20. The second-order valence-corrected chi connectivity index (χ2v) is 7.69. The third-order valence-corrected chi connectivity index (χ3v) is 5.89. The number of hydrogen-bond acceptors (Lipinski definition) is 4. The number of fused-ring (bicyclic) bond motifs is 4. The zero-order valence-corrected chi connectivity index (χ0v) is 18.2. The fraction of sp³-hybridized carbons (Fsp3) is 0.200. The molecule has 5 aromatic rings. The molecule has 5 rings (SSSR count). The Balaban J connectivity index is 1.75. The van der Waals surface area contributed by atoms with Crippen molar-refractivity contribution < 1.29 is 23.8 Å². The van der Waals surface area contributed by atoms with Crippen molar-refractivity contribution >= 4 is 39.0 Å². The number of para-hydroxylation sites is 1. The smallest absolute Gasteiger partial charge is 0.449 e. The van der Waals surface area contributed by atoms with Crippen molar-refractivity contribution in [2.45, 2.75) is 20.0 Å². The Morgan fingerprint density at radius 3 is 2.55 bits per heavy atom. The lowest BCUT2D eigenvalue weighted by atomic mass is 10.1. The average Bonchev–Trinajstić information content (AvgIpc) is 3.34. The van der Waals surface area contributed by atoms with Crippen LogP contribution in [-0.4, -0.2) is 39.1 Å². The highest BCUT2D eigenvalue weighted by Crippen LogP contribution is 2.35. The minimum Gasteiger partial charge on any atom is -0.449 e. The van der Waals surface area contributed by atoms with Gasteiger partial charge in [-0.25, -0.2) is 14.2 Å². The molecule has 7 nitrogen and oxygen atoms in total. The van der Waals surface area contributed by atoms with Crippen molar-refractivity contribution in [2.75, 3.05) is 13.7 Å². The Morgan fingerprint density at radius 2 is 1.79 bits per heavy atom. The number of halogens is 1. The SMILES string of the molecule is CCn1c2ccccc2c2cc(-c3nc4c(F)c(OC(=O)O)ccc4n3CCOC)ccc21. The van der Waals surface area contributed by atoms with E-state index < -0.39 is 12.0 Å². The van der Waals surface area contributed by atoms with Crippen LogP contribution in [0.3, 0.4) is 0 Å². The van der Waals surface area contributed by atoms with Crippen molar-refractivity contribution in [2.24, 2.45) is 0 Å². The molecule has 0 bridgehead atoms. The third-order valence-electron chi connectivity index (χ3n) is 5.89. The topological polar surface area (TPSA) is 78.5 Å². The average molecular weight is 447 g/mol. The van der Waals surface area contributed by atoms with E-state index in [-0.39, 0.29) is 11.3 Å². The second kappa shape index (κ2) is 8.22. The quantitative estimate of drug-likeness (QED) is 0.268. The third kappa shape index (κ3) is 3.39. The van der Waals surface area contributed by atoms with Crippen LogP contribution in [0.1, 0.15) is 6.92 Å². The fourth-order valence-corrected chi connectivity index (χ4v) is 4.48. The molecular formula is C25H22FN3O4. The number of aromatic nitrogens is 3. The summed E-state index contributed by atoms with van der Waals surface area (Å²) < 4.78 is 29.0. The predicted octanol–water partition coefficient (Wildman–Crippen LogP) is 5.67. The number of rotatable bonds is 6. The number of aryl methyl sites for hydroxylation is 1. The van der Waals surface area contributed by atoms with Gasteiger partial charge >= 0.3 is 6.16 Å². The van der Waals surface area contributed by atoms with E-state index in [2.05, 4.69) is 45.5 Å². The van der Waals surface area contributed by atoms with Gasteiger partial charge in [-0.05, 0) is 43.3 Å². The molecular weight excluding hydrogens is 425 g/mol.